The van der Waals surface area contributed by atoms with Crippen LogP contribution in [0.1, 0.15) is 16.7 Å². The molecule has 1 aromatic heterocycles. The summed E-state index contributed by atoms with van der Waals surface area (Å²) in [6.07, 6.45) is 1.59. The summed E-state index contributed by atoms with van der Waals surface area (Å²) in [5.41, 5.74) is 3.53. The fourth-order valence-electron chi connectivity index (χ4n) is 3.30. The predicted octanol–water partition coefficient (Wildman–Crippen LogP) is 1.15. The van der Waals surface area contributed by atoms with Gasteiger partial charge in [0.25, 0.3) is 5.56 Å². The Morgan fingerprint density at radius 1 is 1.12 bits per heavy atom. The number of benzene rings is 2. The number of para-hydroxylation sites is 1. The molecule has 1 aliphatic rings. The second-order valence-corrected chi connectivity index (χ2v) is 6.07. The minimum Gasteiger partial charge on any atom is -0.494 e. The number of aromatic nitrogens is 2. The summed E-state index contributed by atoms with van der Waals surface area (Å²) in [6, 6.07) is 9.85. The van der Waals surface area contributed by atoms with Crippen LogP contribution in [0.5, 0.6) is 5.88 Å². The van der Waals surface area contributed by atoms with Gasteiger partial charge in [-0.15, -0.1) is 0 Å². The third-order valence-corrected chi connectivity index (χ3v) is 4.47. The van der Waals surface area contributed by atoms with E-state index in [-0.39, 0.29) is 5.56 Å². The van der Waals surface area contributed by atoms with Gasteiger partial charge in [0.05, 0.1) is 11.0 Å². The Morgan fingerprint density at radius 3 is 2.64 bits per heavy atom. The first kappa shape index (κ1) is 15.1. The van der Waals surface area contributed by atoms with Gasteiger partial charge in [-0.25, -0.2) is 9.79 Å². The summed E-state index contributed by atoms with van der Waals surface area (Å²) < 4.78 is 0. The van der Waals surface area contributed by atoms with Crippen LogP contribution in [-0.4, -0.2) is 15.1 Å². The highest BCUT2D eigenvalue weighted by molar-refractivity contribution is 5.82. The van der Waals surface area contributed by atoms with E-state index >= 15 is 0 Å². The van der Waals surface area contributed by atoms with Crippen LogP contribution in [0, 0.1) is 13.8 Å². The lowest BCUT2D eigenvalue weighted by Gasteiger charge is -2.07. The molecule has 0 amide bonds. The third kappa shape index (κ3) is 2.30. The van der Waals surface area contributed by atoms with E-state index in [0.29, 0.717) is 0 Å². The van der Waals surface area contributed by atoms with Crippen LogP contribution in [0.4, 0.5) is 5.69 Å². The smallest absolute Gasteiger partial charge is 0.328 e. The first-order valence-electron chi connectivity index (χ1n) is 7.81. The lowest BCUT2D eigenvalue weighted by atomic mass is 9.95. The minimum absolute atomic E-state index is 0.0222. The number of hydrogen-bond acceptors (Lipinski definition) is 4. The number of aromatic hydroxyl groups is 1. The van der Waals surface area contributed by atoms with Crippen molar-refractivity contribution >= 4 is 11.8 Å². The molecule has 6 heteroatoms. The van der Waals surface area contributed by atoms with E-state index in [1.165, 1.54) is 0 Å². The summed E-state index contributed by atoms with van der Waals surface area (Å²) in [5, 5.41) is 11.7. The lowest BCUT2D eigenvalue weighted by Crippen LogP contribution is -2.25. The highest BCUT2D eigenvalue weighted by Gasteiger charge is 2.17. The largest absolute Gasteiger partial charge is 0.494 e. The van der Waals surface area contributed by atoms with E-state index < -0.39 is 17.1 Å². The van der Waals surface area contributed by atoms with Gasteiger partial charge in [-0.2, -0.15) is 0 Å². The van der Waals surface area contributed by atoms with Crippen LogP contribution in [0.2, 0.25) is 0 Å². The SMILES string of the molecule is Cc1cc2c(c(C)c1=Cc1c(O)[nH]c(=O)[nH]c1=O)-c1ccccc1N=2. The Balaban J connectivity index is 2.07. The Kier molecular flexibility index (Phi) is 3.21. The van der Waals surface area contributed by atoms with Gasteiger partial charge in [-0.1, -0.05) is 18.2 Å². The number of aromatic amines is 2. The fraction of sp³-hybridized carbons (Fsp3) is 0.105. The molecular formula is C19H15N3O3. The van der Waals surface area contributed by atoms with Crippen molar-refractivity contribution in [1.82, 2.24) is 9.97 Å². The molecule has 0 radical (unpaired) electrons. The maximum atomic E-state index is 12.0. The van der Waals surface area contributed by atoms with E-state index in [2.05, 4.69) is 15.0 Å². The number of nitrogens with zero attached hydrogens (tertiary/aromatic N) is 1. The molecule has 0 atom stereocenters. The molecule has 25 heavy (non-hydrogen) atoms. The Labute approximate surface area is 141 Å². The van der Waals surface area contributed by atoms with Crippen LogP contribution in [0.3, 0.4) is 0 Å². The maximum Gasteiger partial charge on any atom is 0.328 e. The van der Waals surface area contributed by atoms with Crippen molar-refractivity contribution in [2.24, 2.45) is 4.99 Å². The second kappa shape index (κ2) is 5.31. The van der Waals surface area contributed by atoms with Gasteiger partial charge >= 0.3 is 5.69 Å². The molecule has 124 valence electrons. The van der Waals surface area contributed by atoms with Gasteiger partial charge in [0, 0.05) is 11.1 Å². The quantitative estimate of drug-likeness (QED) is 0.487. The van der Waals surface area contributed by atoms with Gasteiger partial charge in [0.2, 0.25) is 5.88 Å². The topological polar surface area (TPSA) is 98.3 Å². The van der Waals surface area contributed by atoms with Gasteiger partial charge in [0.1, 0.15) is 5.56 Å². The van der Waals surface area contributed by atoms with Crippen LogP contribution in [0.15, 0.2) is 44.9 Å². The van der Waals surface area contributed by atoms with Gasteiger partial charge in [-0.05, 0) is 48.4 Å². The van der Waals surface area contributed by atoms with Crippen molar-refractivity contribution in [3.05, 3.63) is 78.4 Å². The average Bonchev–Trinajstić information content (AvgIpc) is 2.91. The first-order valence-corrected chi connectivity index (χ1v) is 7.81. The lowest BCUT2D eigenvalue weighted by molar-refractivity contribution is 0.447. The van der Waals surface area contributed by atoms with E-state index in [1.807, 2.05) is 44.2 Å². The summed E-state index contributed by atoms with van der Waals surface area (Å²) in [7, 11) is 0. The van der Waals surface area contributed by atoms with E-state index in [9.17, 15) is 14.7 Å². The second-order valence-electron chi connectivity index (χ2n) is 6.07. The highest BCUT2D eigenvalue weighted by atomic mass is 16.3. The molecule has 0 aliphatic carbocycles. The first-order chi connectivity index (χ1) is 12.0. The molecule has 0 fully saturated rings. The Hall–Kier alpha value is -3.41. The van der Waals surface area contributed by atoms with Crippen molar-refractivity contribution in [3.63, 3.8) is 0 Å². The predicted molar refractivity (Wildman–Crippen MR) is 94.7 cm³/mol. The zero-order chi connectivity index (χ0) is 17.7. The number of aryl methyl sites for hydroxylation is 1. The van der Waals surface area contributed by atoms with Crippen molar-refractivity contribution in [1.29, 1.82) is 0 Å². The standard InChI is InChI=1S/C19H15N3O3/c1-9-7-15-16(11-5-3-4-6-14(11)20-15)10(2)12(9)8-13-17(23)21-19(25)22-18(13)24/h3-8H,1-2H3,(H3,21,22,23,24,25). The molecule has 3 aromatic rings. The van der Waals surface area contributed by atoms with Crippen molar-refractivity contribution in [2.45, 2.75) is 13.8 Å². The molecule has 4 rings (SSSR count). The van der Waals surface area contributed by atoms with E-state index in [0.717, 1.165) is 38.5 Å². The molecule has 3 N–H and O–H groups in total. The molecule has 0 saturated carbocycles. The molecule has 0 unspecified atom stereocenters. The van der Waals surface area contributed by atoms with Gasteiger partial charge in [0.15, 0.2) is 0 Å². The Morgan fingerprint density at radius 2 is 1.88 bits per heavy atom. The maximum absolute atomic E-state index is 12.0. The number of nitrogens with one attached hydrogen (secondary N) is 2. The van der Waals surface area contributed by atoms with Crippen molar-refractivity contribution in [3.8, 4) is 17.0 Å². The van der Waals surface area contributed by atoms with Gasteiger partial charge in [-0.3, -0.25) is 14.8 Å². The third-order valence-electron chi connectivity index (χ3n) is 4.47. The normalized spacial score (nSPS) is 12.6. The molecule has 0 bridgehead atoms. The molecule has 2 aromatic carbocycles. The summed E-state index contributed by atoms with van der Waals surface area (Å²) in [5.74, 6) is -0.446. The average molecular weight is 333 g/mol. The van der Waals surface area contributed by atoms with Crippen LogP contribution in [0.25, 0.3) is 17.2 Å². The van der Waals surface area contributed by atoms with E-state index in [1.54, 1.807) is 6.08 Å². The van der Waals surface area contributed by atoms with Crippen LogP contribution in [-0.2, 0) is 0 Å². The Bertz CT molecular complexity index is 1270. The van der Waals surface area contributed by atoms with Crippen LogP contribution < -0.4 is 21.8 Å². The van der Waals surface area contributed by atoms with Crippen LogP contribution >= 0.6 is 0 Å². The monoisotopic (exact) mass is 333 g/mol. The summed E-state index contributed by atoms with van der Waals surface area (Å²) in [4.78, 5) is 32.3. The van der Waals surface area contributed by atoms with E-state index in [4.69, 9.17) is 0 Å². The highest BCUT2D eigenvalue weighted by Crippen LogP contribution is 2.33. The molecular weight excluding hydrogens is 318 g/mol. The molecule has 0 saturated heterocycles. The number of H-pyrrole nitrogens is 2. The molecule has 6 nitrogen and oxygen atoms in total. The summed E-state index contributed by atoms with van der Waals surface area (Å²) >= 11 is 0. The van der Waals surface area contributed by atoms with Gasteiger partial charge < -0.3 is 5.11 Å². The van der Waals surface area contributed by atoms with Crippen molar-refractivity contribution < 1.29 is 5.11 Å². The molecule has 2 heterocycles. The zero-order valence-electron chi connectivity index (χ0n) is 13.7. The minimum atomic E-state index is -0.741. The zero-order valence-corrected chi connectivity index (χ0v) is 13.7. The molecule has 1 aliphatic heterocycles. The fourth-order valence-corrected chi connectivity index (χ4v) is 3.30. The summed E-state index contributed by atoms with van der Waals surface area (Å²) in [6.45, 7) is 3.89. The van der Waals surface area contributed by atoms with Crippen molar-refractivity contribution in [2.75, 3.05) is 0 Å². The number of fused-ring (bicyclic) bond motifs is 3. The molecule has 0 spiro atoms. The number of hydrogen-bond donors (Lipinski definition) is 3. The number of rotatable bonds is 1.